The number of carbonyl (C=O) groups is 1. The van der Waals surface area contributed by atoms with E-state index in [4.69, 9.17) is 4.74 Å². The zero-order valence-corrected chi connectivity index (χ0v) is 16.3. The van der Waals surface area contributed by atoms with Gasteiger partial charge in [-0.3, -0.25) is 0 Å². The summed E-state index contributed by atoms with van der Waals surface area (Å²) in [6.07, 6.45) is 0. The Morgan fingerprint density at radius 1 is 0.857 bits per heavy atom. The first kappa shape index (κ1) is 18.1. The third-order valence-corrected chi connectivity index (χ3v) is 5.33. The van der Waals surface area contributed by atoms with Crippen molar-refractivity contribution >= 4 is 17.3 Å². The summed E-state index contributed by atoms with van der Waals surface area (Å²) in [7, 11) is 0. The maximum Gasteiger partial charge on any atom is 0.358 e. The average Bonchev–Trinajstić information content (AvgIpc) is 3.24. The van der Waals surface area contributed by atoms with Crippen molar-refractivity contribution < 1.29 is 9.53 Å². The van der Waals surface area contributed by atoms with E-state index >= 15 is 0 Å². The molecule has 1 aromatic heterocycles. The summed E-state index contributed by atoms with van der Waals surface area (Å²) in [6.45, 7) is 2.27. The van der Waals surface area contributed by atoms with Crippen LogP contribution < -0.4 is 0 Å². The molecule has 0 saturated heterocycles. The highest BCUT2D eigenvalue weighted by Crippen LogP contribution is 2.24. The molecule has 1 heterocycles. The molecule has 0 fully saturated rings. The van der Waals surface area contributed by atoms with Crippen molar-refractivity contribution in [2.75, 3.05) is 0 Å². The highest BCUT2D eigenvalue weighted by molar-refractivity contribution is 7.13. The average molecular weight is 385 g/mol. The first-order valence-corrected chi connectivity index (χ1v) is 9.91. The summed E-state index contributed by atoms with van der Waals surface area (Å²) in [5.74, 6) is -0.401. The van der Waals surface area contributed by atoms with Crippen LogP contribution in [0.2, 0.25) is 0 Å². The Hall–Kier alpha value is -3.24. The molecule has 0 aliphatic carbocycles. The van der Waals surface area contributed by atoms with E-state index in [-0.39, 0.29) is 6.61 Å². The number of hydrogen-bond donors (Lipinski definition) is 0. The van der Waals surface area contributed by atoms with Gasteiger partial charge in [0.25, 0.3) is 0 Å². The molecule has 3 nitrogen and oxygen atoms in total. The maximum absolute atomic E-state index is 12.3. The van der Waals surface area contributed by atoms with E-state index in [9.17, 15) is 4.79 Å². The van der Waals surface area contributed by atoms with Crippen LogP contribution >= 0.6 is 11.3 Å². The van der Waals surface area contributed by atoms with E-state index < -0.39 is 5.97 Å². The standard InChI is InChI=1S/C24H19NO2S/c1-17-7-11-21(12-8-17)23-25-22(16-28-23)24(26)27-15-18-9-13-20(14-10-18)19-5-3-2-4-6-19/h2-14,16H,15H2,1H3. The number of aryl methyl sites for hydroxylation is 1. The van der Waals surface area contributed by atoms with Crippen LogP contribution in [0.15, 0.2) is 84.2 Å². The molecule has 0 amide bonds. The third kappa shape index (κ3) is 4.18. The Balaban J connectivity index is 1.39. The Kier molecular flexibility index (Phi) is 5.31. The number of thiazole rings is 1. The lowest BCUT2D eigenvalue weighted by Crippen LogP contribution is -2.05. The van der Waals surface area contributed by atoms with Crippen LogP contribution in [-0.2, 0) is 11.3 Å². The van der Waals surface area contributed by atoms with Crippen LogP contribution in [0.4, 0.5) is 0 Å². The summed E-state index contributed by atoms with van der Waals surface area (Å²) in [5.41, 5.74) is 5.79. The van der Waals surface area contributed by atoms with Crippen LogP contribution in [0.1, 0.15) is 21.6 Å². The number of hydrogen-bond acceptors (Lipinski definition) is 4. The van der Waals surface area contributed by atoms with Crippen molar-refractivity contribution in [1.82, 2.24) is 4.98 Å². The first-order chi connectivity index (χ1) is 13.7. The molecule has 28 heavy (non-hydrogen) atoms. The number of nitrogens with zero attached hydrogens (tertiary/aromatic N) is 1. The minimum absolute atomic E-state index is 0.227. The summed E-state index contributed by atoms with van der Waals surface area (Å²) in [5, 5.41) is 2.56. The van der Waals surface area contributed by atoms with Gasteiger partial charge in [0.2, 0.25) is 0 Å². The van der Waals surface area contributed by atoms with Gasteiger partial charge in [-0.05, 0) is 23.6 Å². The van der Waals surface area contributed by atoms with E-state index in [1.54, 1.807) is 5.38 Å². The molecule has 0 atom stereocenters. The molecule has 0 bridgehead atoms. The molecule has 0 radical (unpaired) electrons. The maximum atomic E-state index is 12.3. The van der Waals surface area contributed by atoms with Gasteiger partial charge in [-0.2, -0.15) is 0 Å². The zero-order valence-electron chi connectivity index (χ0n) is 15.5. The van der Waals surface area contributed by atoms with Crippen LogP contribution in [0, 0.1) is 6.92 Å². The highest BCUT2D eigenvalue weighted by Gasteiger charge is 2.13. The smallest absolute Gasteiger partial charge is 0.358 e. The zero-order chi connectivity index (χ0) is 19.3. The van der Waals surface area contributed by atoms with Crippen molar-refractivity contribution in [2.45, 2.75) is 13.5 Å². The number of rotatable bonds is 5. The van der Waals surface area contributed by atoms with E-state index in [1.807, 2.05) is 73.7 Å². The van der Waals surface area contributed by atoms with Crippen molar-refractivity contribution in [2.24, 2.45) is 0 Å². The van der Waals surface area contributed by atoms with Gasteiger partial charge in [0.1, 0.15) is 11.6 Å². The first-order valence-electron chi connectivity index (χ1n) is 9.03. The molecule has 4 aromatic rings. The third-order valence-electron chi connectivity index (χ3n) is 4.44. The predicted octanol–water partition coefficient (Wildman–Crippen LogP) is 6.14. The molecule has 0 aliphatic heterocycles. The van der Waals surface area contributed by atoms with E-state index in [0.717, 1.165) is 27.3 Å². The molecule has 0 unspecified atom stereocenters. The van der Waals surface area contributed by atoms with Crippen molar-refractivity contribution in [3.8, 4) is 21.7 Å². The minimum atomic E-state index is -0.401. The lowest BCUT2D eigenvalue weighted by atomic mass is 10.0. The molecule has 0 saturated carbocycles. The van der Waals surface area contributed by atoms with Crippen molar-refractivity contribution in [1.29, 1.82) is 0 Å². The van der Waals surface area contributed by atoms with Crippen LogP contribution in [0.5, 0.6) is 0 Å². The van der Waals surface area contributed by atoms with Crippen LogP contribution in [0.3, 0.4) is 0 Å². The quantitative estimate of drug-likeness (QED) is 0.387. The number of ether oxygens (including phenoxy) is 1. The number of aromatic nitrogens is 1. The molecule has 4 heteroatoms. The number of esters is 1. The second-order valence-corrected chi connectivity index (χ2v) is 7.40. The fraction of sp³-hybridized carbons (Fsp3) is 0.0833. The van der Waals surface area contributed by atoms with Gasteiger partial charge in [-0.15, -0.1) is 11.3 Å². The molecular formula is C24H19NO2S. The van der Waals surface area contributed by atoms with Gasteiger partial charge in [-0.25, -0.2) is 9.78 Å². The van der Waals surface area contributed by atoms with E-state index in [1.165, 1.54) is 16.9 Å². The molecule has 0 spiro atoms. The Morgan fingerprint density at radius 2 is 1.50 bits per heavy atom. The van der Waals surface area contributed by atoms with Gasteiger partial charge < -0.3 is 4.74 Å². The summed E-state index contributed by atoms with van der Waals surface area (Å²) >= 11 is 1.45. The van der Waals surface area contributed by atoms with Crippen molar-refractivity contribution in [3.63, 3.8) is 0 Å². The topological polar surface area (TPSA) is 39.2 Å². The fourth-order valence-electron chi connectivity index (χ4n) is 2.84. The second kappa shape index (κ2) is 8.19. The Morgan fingerprint density at radius 3 is 2.21 bits per heavy atom. The lowest BCUT2D eigenvalue weighted by Gasteiger charge is -2.05. The lowest BCUT2D eigenvalue weighted by molar-refractivity contribution is 0.0467. The molecular weight excluding hydrogens is 366 g/mol. The monoisotopic (exact) mass is 385 g/mol. The summed E-state index contributed by atoms with van der Waals surface area (Å²) in [6, 6.07) is 26.3. The Bertz CT molecular complexity index is 1070. The van der Waals surface area contributed by atoms with Gasteiger partial charge in [0.05, 0.1) is 0 Å². The summed E-state index contributed by atoms with van der Waals surface area (Å²) in [4.78, 5) is 16.7. The van der Waals surface area contributed by atoms with Crippen LogP contribution in [-0.4, -0.2) is 11.0 Å². The fourth-order valence-corrected chi connectivity index (χ4v) is 3.64. The number of benzene rings is 3. The minimum Gasteiger partial charge on any atom is -0.456 e. The van der Waals surface area contributed by atoms with E-state index in [0.29, 0.717) is 5.69 Å². The van der Waals surface area contributed by atoms with Crippen LogP contribution in [0.25, 0.3) is 21.7 Å². The van der Waals surface area contributed by atoms with Crippen molar-refractivity contribution in [3.05, 3.63) is 101 Å². The molecule has 0 N–H and O–H groups in total. The van der Waals surface area contributed by atoms with Gasteiger partial charge in [0.15, 0.2) is 5.69 Å². The highest BCUT2D eigenvalue weighted by atomic mass is 32.1. The molecule has 3 aromatic carbocycles. The SMILES string of the molecule is Cc1ccc(-c2nc(C(=O)OCc3ccc(-c4ccccc4)cc3)cs2)cc1. The second-order valence-electron chi connectivity index (χ2n) is 6.54. The van der Waals surface area contributed by atoms with Gasteiger partial charge >= 0.3 is 5.97 Å². The largest absolute Gasteiger partial charge is 0.456 e. The van der Waals surface area contributed by atoms with Gasteiger partial charge in [-0.1, -0.05) is 84.4 Å². The molecule has 138 valence electrons. The molecule has 4 rings (SSSR count). The van der Waals surface area contributed by atoms with E-state index in [2.05, 4.69) is 17.1 Å². The Labute approximate surface area is 168 Å². The normalized spacial score (nSPS) is 10.6. The number of carbonyl (C=O) groups excluding carboxylic acids is 1. The molecule has 0 aliphatic rings. The predicted molar refractivity (Wildman–Crippen MR) is 113 cm³/mol. The summed E-state index contributed by atoms with van der Waals surface area (Å²) < 4.78 is 5.43. The van der Waals surface area contributed by atoms with Gasteiger partial charge in [0, 0.05) is 10.9 Å².